The van der Waals surface area contributed by atoms with E-state index in [1.807, 2.05) is 48.4 Å². The van der Waals surface area contributed by atoms with Gasteiger partial charge in [0.15, 0.2) is 5.17 Å². The molecule has 2 aliphatic rings. The quantitative estimate of drug-likeness (QED) is 0.588. The average Bonchev–Trinajstić information content (AvgIpc) is 3.38. The SMILES string of the molecule is C[C@@H]1CN2C(=N[C@@H](c3ccccn3)[C@@H]2c2cccn2-c2ccc(F)c(Cl)c2)S1. The fourth-order valence-electron chi connectivity index (χ4n) is 3.94. The lowest BCUT2D eigenvalue weighted by atomic mass is 10.0. The van der Waals surface area contributed by atoms with Gasteiger partial charge in [-0.2, -0.15) is 0 Å². The predicted octanol–water partition coefficient (Wildman–Crippen LogP) is 5.25. The van der Waals surface area contributed by atoms with Crippen molar-refractivity contribution in [3.63, 3.8) is 0 Å². The van der Waals surface area contributed by atoms with Gasteiger partial charge in [-0.1, -0.05) is 36.4 Å². The van der Waals surface area contributed by atoms with Crippen molar-refractivity contribution in [2.75, 3.05) is 6.54 Å². The number of rotatable bonds is 3. The highest BCUT2D eigenvalue weighted by molar-refractivity contribution is 8.14. The number of hydrogen-bond acceptors (Lipinski definition) is 4. The van der Waals surface area contributed by atoms with E-state index in [-0.39, 0.29) is 17.1 Å². The van der Waals surface area contributed by atoms with Crippen LogP contribution in [0.2, 0.25) is 5.02 Å². The molecule has 142 valence electrons. The zero-order valence-corrected chi connectivity index (χ0v) is 16.7. The van der Waals surface area contributed by atoms with E-state index in [2.05, 4.69) is 27.4 Å². The molecule has 0 aliphatic carbocycles. The second-order valence-electron chi connectivity index (χ2n) is 7.04. The first-order valence-electron chi connectivity index (χ1n) is 9.16. The monoisotopic (exact) mass is 412 g/mol. The molecule has 7 heteroatoms. The van der Waals surface area contributed by atoms with Crippen molar-refractivity contribution in [3.8, 4) is 5.69 Å². The Labute approximate surface area is 172 Å². The van der Waals surface area contributed by atoms with Crippen LogP contribution >= 0.6 is 23.4 Å². The van der Waals surface area contributed by atoms with Crippen molar-refractivity contribution in [1.82, 2.24) is 14.5 Å². The maximum atomic E-state index is 13.7. The minimum Gasteiger partial charge on any atom is -0.339 e. The van der Waals surface area contributed by atoms with Crippen molar-refractivity contribution in [3.05, 3.63) is 83.2 Å². The topological polar surface area (TPSA) is 33.4 Å². The van der Waals surface area contributed by atoms with Gasteiger partial charge in [-0.3, -0.25) is 9.98 Å². The highest BCUT2D eigenvalue weighted by atomic mass is 35.5. The van der Waals surface area contributed by atoms with Crippen molar-refractivity contribution in [1.29, 1.82) is 0 Å². The highest BCUT2D eigenvalue weighted by Gasteiger charge is 2.44. The third-order valence-corrected chi connectivity index (χ3v) is 6.54. The molecule has 4 heterocycles. The molecule has 2 aromatic heterocycles. The maximum Gasteiger partial charge on any atom is 0.160 e. The van der Waals surface area contributed by atoms with Gasteiger partial charge in [-0.05, 0) is 42.5 Å². The van der Waals surface area contributed by atoms with Gasteiger partial charge in [-0.25, -0.2) is 4.39 Å². The summed E-state index contributed by atoms with van der Waals surface area (Å²) >= 11 is 7.85. The smallest absolute Gasteiger partial charge is 0.160 e. The summed E-state index contributed by atoms with van der Waals surface area (Å²) in [5, 5.41) is 1.68. The fourth-order valence-corrected chi connectivity index (χ4v) is 5.21. The van der Waals surface area contributed by atoms with Crippen LogP contribution in [0.15, 0.2) is 65.9 Å². The minimum atomic E-state index is -0.415. The Morgan fingerprint density at radius 2 is 2.07 bits per heavy atom. The number of benzene rings is 1. The van der Waals surface area contributed by atoms with Crippen LogP contribution in [0.25, 0.3) is 5.69 Å². The number of hydrogen-bond donors (Lipinski definition) is 0. The summed E-state index contributed by atoms with van der Waals surface area (Å²) in [5.74, 6) is -0.415. The first-order chi connectivity index (χ1) is 13.6. The number of pyridine rings is 1. The minimum absolute atomic E-state index is 0.0289. The summed E-state index contributed by atoms with van der Waals surface area (Å²) in [6.45, 7) is 3.16. The van der Waals surface area contributed by atoms with Crippen molar-refractivity contribution in [2.45, 2.75) is 24.3 Å². The Morgan fingerprint density at radius 3 is 2.86 bits per heavy atom. The Balaban J connectivity index is 1.61. The number of fused-ring (bicyclic) bond motifs is 1. The summed E-state index contributed by atoms with van der Waals surface area (Å²) in [6, 6.07) is 14.8. The van der Waals surface area contributed by atoms with Gasteiger partial charge in [0.1, 0.15) is 11.9 Å². The van der Waals surface area contributed by atoms with Gasteiger partial charge in [-0.15, -0.1) is 0 Å². The van der Waals surface area contributed by atoms with E-state index in [1.54, 1.807) is 12.1 Å². The zero-order chi connectivity index (χ0) is 19.3. The summed E-state index contributed by atoms with van der Waals surface area (Å²) < 4.78 is 15.7. The van der Waals surface area contributed by atoms with Crippen molar-refractivity contribution < 1.29 is 4.39 Å². The highest BCUT2D eigenvalue weighted by Crippen LogP contribution is 2.47. The van der Waals surface area contributed by atoms with Gasteiger partial charge < -0.3 is 9.47 Å². The van der Waals surface area contributed by atoms with Crippen LogP contribution in [0, 0.1) is 5.82 Å². The largest absolute Gasteiger partial charge is 0.339 e. The van der Waals surface area contributed by atoms with Crippen LogP contribution in [0.3, 0.4) is 0 Å². The van der Waals surface area contributed by atoms with Gasteiger partial charge in [0.2, 0.25) is 0 Å². The molecule has 0 radical (unpaired) electrons. The van der Waals surface area contributed by atoms with Crippen LogP contribution in [0.1, 0.15) is 30.4 Å². The average molecular weight is 413 g/mol. The number of nitrogens with zero attached hydrogens (tertiary/aromatic N) is 4. The summed E-state index contributed by atoms with van der Waals surface area (Å²) in [7, 11) is 0. The van der Waals surface area contributed by atoms with E-state index >= 15 is 0 Å². The first-order valence-corrected chi connectivity index (χ1v) is 10.4. The predicted molar refractivity (Wildman–Crippen MR) is 112 cm³/mol. The molecule has 5 rings (SSSR count). The Morgan fingerprint density at radius 1 is 1.18 bits per heavy atom. The molecule has 0 bridgehead atoms. The molecular formula is C21H18ClFN4S. The lowest BCUT2D eigenvalue weighted by molar-refractivity contribution is 0.312. The summed E-state index contributed by atoms with van der Waals surface area (Å²) in [4.78, 5) is 12.0. The van der Waals surface area contributed by atoms with E-state index in [4.69, 9.17) is 16.6 Å². The first kappa shape index (κ1) is 17.8. The number of thioether (sulfide) groups is 1. The molecule has 1 fully saturated rings. The molecule has 4 nitrogen and oxygen atoms in total. The van der Waals surface area contributed by atoms with E-state index < -0.39 is 5.82 Å². The second kappa shape index (κ2) is 6.94. The zero-order valence-electron chi connectivity index (χ0n) is 15.2. The van der Waals surface area contributed by atoms with E-state index in [0.29, 0.717) is 5.25 Å². The third-order valence-electron chi connectivity index (χ3n) is 5.15. The number of amidine groups is 1. The summed E-state index contributed by atoms with van der Waals surface area (Å²) in [5.41, 5.74) is 2.87. The molecule has 0 N–H and O–H groups in total. The van der Waals surface area contributed by atoms with Crippen LogP contribution in [0.4, 0.5) is 4.39 Å². The molecule has 0 spiro atoms. The second-order valence-corrected chi connectivity index (χ2v) is 8.85. The number of aromatic nitrogens is 2. The lowest BCUT2D eigenvalue weighted by Crippen LogP contribution is -2.30. The number of halogens is 2. The maximum absolute atomic E-state index is 13.7. The fraction of sp³-hybridized carbons (Fsp3) is 0.238. The molecule has 1 saturated heterocycles. The molecule has 3 atom stereocenters. The standard InChI is InChI=1S/C21H18ClFN4S/c1-13-12-27-20(19(25-21(27)28-13)17-5-2-3-9-24-17)18-6-4-10-26(18)14-7-8-16(23)15(22)11-14/h2-11,13,19-20H,12H2,1H3/t13-,19+,20+/m1/s1. The van der Waals surface area contributed by atoms with E-state index in [9.17, 15) is 4.39 Å². The van der Waals surface area contributed by atoms with Crippen molar-refractivity contribution >= 4 is 28.5 Å². The molecule has 3 aromatic rings. The van der Waals surface area contributed by atoms with E-state index in [0.717, 1.165) is 28.8 Å². The molecule has 0 saturated carbocycles. The lowest BCUT2D eigenvalue weighted by Gasteiger charge is -2.28. The Hall–Kier alpha value is -2.31. The molecule has 0 amide bonds. The van der Waals surface area contributed by atoms with Crippen LogP contribution in [0.5, 0.6) is 0 Å². The molecule has 2 aliphatic heterocycles. The van der Waals surface area contributed by atoms with Gasteiger partial charge >= 0.3 is 0 Å². The number of aliphatic imine (C=N–C) groups is 1. The van der Waals surface area contributed by atoms with Gasteiger partial charge in [0.05, 0.1) is 16.8 Å². The Kier molecular flexibility index (Phi) is 4.40. The normalized spacial score (nSPS) is 23.8. The van der Waals surface area contributed by atoms with E-state index in [1.165, 1.54) is 6.07 Å². The molecule has 28 heavy (non-hydrogen) atoms. The Bertz CT molecular complexity index is 1050. The molecule has 0 unspecified atom stereocenters. The van der Waals surface area contributed by atoms with Crippen LogP contribution < -0.4 is 0 Å². The van der Waals surface area contributed by atoms with Crippen molar-refractivity contribution in [2.24, 2.45) is 4.99 Å². The molecule has 1 aromatic carbocycles. The van der Waals surface area contributed by atoms with Gasteiger partial charge in [0.25, 0.3) is 0 Å². The van der Waals surface area contributed by atoms with Crippen LogP contribution in [-0.2, 0) is 0 Å². The molecular weight excluding hydrogens is 395 g/mol. The van der Waals surface area contributed by atoms with Gasteiger partial charge in [0, 0.05) is 35.6 Å². The third kappa shape index (κ3) is 2.91. The summed E-state index contributed by atoms with van der Waals surface area (Å²) in [6.07, 6.45) is 3.80. The van der Waals surface area contributed by atoms with Crippen LogP contribution in [-0.4, -0.2) is 31.4 Å².